The smallest absolute Gasteiger partial charge is 0.397 e. The molecule has 5 heteroatoms. The molecule has 0 aliphatic carbocycles. The van der Waals surface area contributed by atoms with E-state index in [1.165, 1.54) is 4.90 Å². The Morgan fingerprint density at radius 1 is 1.53 bits per heavy atom. The van der Waals surface area contributed by atoms with Crippen LogP contribution in [-0.2, 0) is 19.1 Å². The summed E-state index contributed by atoms with van der Waals surface area (Å²) in [5.74, 6) is -1.39. The molecule has 0 radical (unpaired) electrons. The highest BCUT2D eigenvalue weighted by molar-refractivity contribution is 6.32. The lowest BCUT2D eigenvalue weighted by Crippen LogP contribution is -2.44. The number of amides is 1. The Bertz CT molecular complexity index is 254. The molecule has 0 spiro atoms. The molecular weight excluding hydrogens is 198 g/mol. The van der Waals surface area contributed by atoms with Gasteiger partial charge in [0.05, 0.1) is 18.8 Å². The summed E-state index contributed by atoms with van der Waals surface area (Å²) in [6.45, 7) is 4.42. The molecular formula is C10H17NO4. The van der Waals surface area contributed by atoms with Gasteiger partial charge in [-0.15, -0.1) is 0 Å². The summed E-state index contributed by atoms with van der Waals surface area (Å²) in [7, 11) is 1.61. The summed E-state index contributed by atoms with van der Waals surface area (Å²) < 4.78 is 9.98. The largest absolute Gasteiger partial charge is 0.459 e. The molecule has 2 atom stereocenters. The van der Waals surface area contributed by atoms with E-state index in [0.717, 1.165) is 6.42 Å². The standard InChI is InChI=1S/C10H17NO4/c1-4-14-10(13)9(12)11(3)8-5-6-15-7(8)2/h7-8H,4-6H2,1-3H3. The number of hydrogen-bond acceptors (Lipinski definition) is 4. The number of esters is 1. The second-order valence-electron chi connectivity index (χ2n) is 3.57. The van der Waals surface area contributed by atoms with E-state index in [1.54, 1.807) is 14.0 Å². The summed E-state index contributed by atoms with van der Waals surface area (Å²) in [5.41, 5.74) is 0. The third kappa shape index (κ3) is 2.68. The molecule has 0 aromatic carbocycles. The van der Waals surface area contributed by atoms with Crippen molar-refractivity contribution in [3.63, 3.8) is 0 Å². The average molecular weight is 215 g/mol. The lowest BCUT2D eigenvalue weighted by atomic mass is 10.1. The van der Waals surface area contributed by atoms with Crippen molar-refractivity contribution in [3.05, 3.63) is 0 Å². The molecule has 1 saturated heterocycles. The molecule has 0 saturated carbocycles. The molecule has 1 heterocycles. The van der Waals surface area contributed by atoms with E-state index in [4.69, 9.17) is 4.74 Å². The average Bonchev–Trinajstić information content (AvgIpc) is 2.62. The first-order valence-electron chi connectivity index (χ1n) is 5.13. The molecule has 1 aliphatic heterocycles. The maximum absolute atomic E-state index is 11.6. The lowest BCUT2D eigenvalue weighted by Gasteiger charge is -2.25. The Balaban J connectivity index is 2.55. The van der Waals surface area contributed by atoms with Crippen molar-refractivity contribution >= 4 is 11.9 Å². The quantitative estimate of drug-likeness (QED) is 0.487. The third-order valence-corrected chi connectivity index (χ3v) is 2.60. The Labute approximate surface area is 89.3 Å². The van der Waals surface area contributed by atoms with Crippen LogP contribution in [0, 0.1) is 0 Å². The molecule has 0 bridgehead atoms. The second kappa shape index (κ2) is 5.11. The van der Waals surface area contributed by atoms with Crippen molar-refractivity contribution in [1.82, 2.24) is 4.90 Å². The van der Waals surface area contributed by atoms with Gasteiger partial charge in [0, 0.05) is 13.7 Å². The lowest BCUT2D eigenvalue weighted by molar-refractivity contribution is -0.160. The summed E-state index contributed by atoms with van der Waals surface area (Å²) in [4.78, 5) is 24.2. The molecule has 0 aromatic rings. The minimum Gasteiger partial charge on any atom is -0.459 e. The van der Waals surface area contributed by atoms with Gasteiger partial charge in [-0.3, -0.25) is 4.79 Å². The Kier molecular flexibility index (Phi) is 4.08. The predicted molar refractivity (Wildman–Crippen MR) is 53.2 cm³/mol. The highest BCUT2D eigenvalue weighted by Crippen LogP contribution is 2.18. The molecule has 2 unspecified atom stereocenters. The Morgan fingerprint density at radius 3 is 2.67 bits per heavy atom. The first-order valence-corrected chi connectivity index (χ1v) is 5.13. The van der Waals surface area contributed by atoms with Crippen molar-refractivity contribution in [3.8, 4) is 0 Å². The highest BCUT2D eigenvalue weighted by Gasteiger charge is 2.33. The van der Waals surface area contributed by atoms with Gasteiger partial charge in [0.2, 0.25) is 0 Å². The van der Waals surface area contributed by atoms with Crippen LogP contribution in [0.5, 0.6) is 0 Å². The molecule has 1 amide bonds. The number of nitrogens with zero attached hydrogens (tertiary/aromatic N) is 1. The number of rotatable bonds is 2. The van der Waals surface area contributed by atoms with Crippen LogP contribution < -0.4 is 0 Å². The van der Waals surface area contributed by atoms with Crippen LogP contribution in [0.2, 0.25) is 0 Å². The molecule has 0 aromatic heterocycles. The second-order valence-corrected chi connectivity index (χ2v) is 3.57. The van der Waals surface area contributed by atoms with E-state index in [0.29, 0.717) is 6.61 Å². The summed E-state index contributed by atoms with van der Waals surface area (Å²) in [6, 6.07) is -0.0260. The molecule has 1 aliphatic rings. The zero-order valence-corrected chi connectivity index (χ0v) is 9.36. The highest BCUT2D eigenvalue weighted by atomic mass is 16.5. The first-order chi connectivity index (χ1) is 7.07. The topological polar surface area (TPSA) is 55.8 Å². The Hall–Kier alpha value is -1.10. The zero-order chi connectivity index (χ0) is 11.4. The van der Waals surface area contributed by atoms with Gasteiger partial charge in [-0.1, -0.05) is 0 Å². The molecule has 15 heavy (non-hydrogen) atoms. The van der Waals surface area contributed by atoms with Gasteiger partial charge in [-0.25, -0.2) is 4.79 Å². The minimum absolute atomic E-state index is 0.0200. The third-order valence-electron chi connectivity index (χ3n) is 2.60. The number of ether oxygens (including phenoxy) is 2. The maximum Gasteiger partial charge on any atom is 0.397 e. The van der Waals surface area contributed by atoms with E-state index in [-0.39, 0.29) is 18.8 Å². The van der Waals surface area contributed by atoms with Crippen molar-refractivity contribution in [1.29, 1.82) is 0 Å². The fourth-order valence-corrected chi connectivity index (χ4v) is 1.72. The van der Waals surface area contributed by atoms with Gasteiger partial charge in [0.15, 0.2) is 0 Å². The number of likely N-dealkylation sites (N-methyl/N-ethyl adjacent to an activating group) is 1. The SMILES string of the molecule is CCOC(=O)C(=O)N(C)C1CCOC1C. The molecule has 1 rings (SSSR count). The van der Waals surface area contributed by atoms with Gasteiger partial charge in [0.1, 0.15) is 0 Å². The molecule has 5 nitrogen and oxygen atoms in total. The summed E-state index contributed by atoms with van der Waals surface area (Å²) >= 11 is 0. The number of carbonyl (C=O) groups excluding carboxylic acids is 2. The van der Waals surface area contributed by atoms with Crippen LogP contribution >= 0.6 is 0 Å². The van der Waals surface area contributed by atoms with Crippen LogP contribution in [0.25, 0.3) is 0 Å². The zero-order valence-electron chi connectivity index (χ0n) is 9.36. The van der Waals surface area contributed by atoms with Crippen LogP contribution in [0.1, 0.15) is 20.3 Å². The van der Waals surface area contributed by atoms with Gasteiger partial charge in [-0.05, 0) is 20.3 Å². The van der Waals surface area contributed by atoms with Crippen molar-refractivity contribution in [2.75, 3.05) is 20.3 Å². The van der Waals surface area contributed by atoms with E-state index in [2.05, 4.69) is 4.74 Å². The fourth-order valence-electron chi connectivity index (χ4n) is 1.72. The van der Waals surface area contributed by atoms with Gasteiger partial charge in [-0.2, -0.15) is 0 Å². The summed E-state index contributed by atoms with van der Waals surface area (Å²) in [6.07, 6.45) is 0.747. The Morgan fingerprint density at radius 2 is 2.20 bits per heavy atom. The number of hydrogen-bond donors (Lipinski definition) is 0. The fraction of sp³-hybridized carbons (Fsp3) is 0.800. The minimum atomic E-state index is -0.792. The van der Waals surface area contributed by atoms with Crippen molar-refractivity contribution in [2.24, 2.45) is 0 Å². The molecule has 86 valence electrons. The van der Waals surface area contributed by atoms with Crippen LogP contribution in [0.4, 0.5) is 0 Å². The van der Waals surface area contributed by atoms with Crippen LogP contribution in [0.15, 0.2) is 0 Å². The summed E-state index contributed by atoms with van der Waals surface area (Å²) in [5, 5.41) is 0. The van der Waals surface area contributed by atoms with Crippen molar-refractivity contribution in [2.45, 2.75) is 32.4 Å². The molecule has 1 fully saturated rings. The number of carbonyl (C=O) groups is 2. The normalized spacial score (nSPS) is 25.0. The van der Waals surface area contributed by atoms with Gasteiger partial charge >= 0.3 is 11.9 Å². The first kappa shape index (κ1) is 12.0. The van der Waals surface area contributed by atoms with Crippen molar-refractivity contribution < 1.29 is 19.1 Å². The van der Waals surface area contributed by atoms with E-state index < -0.39 is 11.9 Å². The molecule has 0 N–H and O–H groups in total. The monoisotopic (exact) mass is 215 g/mol. The van der Waals surface area contributed by atoms with E-state index in [1.807, 2.05) is 6.92 Å². The van der Waals surface area contributed by atoms with Crippen LogP contribution in [-0.4, -0.2) is 49.2 Å². The van der Waals surface area contributed by atoms with Gasteiger partial charge < -0.3 is 14.4 Å². The van der Waals surface area contributed by atoms with Crippen LogP contribution in [0.3, 0.4) is 0 Å². The van der Waals surface area contributed by atoms with E-state index >= 15 is 0 Å². The van der Waals surface area contributed by atoms with E-state index in [9.17, 15) is 9.59 Å². The van der Waals surface area contributed by atoms with Gasteiger partial charge in [0.25, 0.3) is 0 Å². The maximum atomic E-state index is 11.6. The predicted octanol–water partition coefficient (Wildman–Crippen LogP) is 0.185.